The SMILES string of the molecule is CCNC(c1ccc(C(=O)OC)o1)c1ccc(Cl)cc1C. The van der Waals surface area contributed by atoms with E-state index in [-0.39, 0.29) is 11.8 Å². The van der Waals surface area contributed by atoms with E-state index in [0.29, 0.717) is 10.8 Å². The van der Waals surface area contributed by atoms with Crippen molar-refractivity contribution < 1.29 is 13.9 Å². The molecule has 1 atom stereocenters. The smallest absolute Gasteiger partial charge is 0.373 e. The largest absolute Gasteiger partial charge is 0.463 e. The Morgan fingerprint density at radius 1 is 1.38 bits per heavy atom. The van der Waals surface area contributed by atoms with Gasteiger partial charge in [0.05, 0.1) is 13.2 Å². The maximum atomic E-state index is 11.5. The van der Waals surface area contributed by atoms with Gasteiger partial charge in [-0.05, 0) is 48.9 Å². The zero-order valence-corrected chi connectivity index (χ0v) is 13.0. The van der Waals surface area contributed by atoms with Crippen molar-refractivity contribution in [1.82, 2.24) is 5.32 Å². The normalized spacial score (nSPS) is 12.2. The molecule has 2 rings (SSSR count). The van der Waals surface area contributed by atoms with Crippen LogP contribution in [-0.2, 0) is 4.74 Å². The van der Waals surface area contributed by atoms with E-state index < -0.39 is 5.97 Å². The van der Waals surface area contributed by atoms with Crippen LogP contribution in [0.1, 0.15) is 40.4 Å². The molecule has 0 amide bonds. The van der Waals surface area contributed by atoms with Gasteiger partial charge in [0.25, 0.3) is 0 Å². The lowest BCUT2D eigenvalue weighted by molar-refractivity contribution is 0.0562. The number of carbonyl (C=O) groups excluding carboxylic acids is 1. The minimum atomic E-state index is -0.482. The van der Waals surface area contributed by atoms with Gasteiger partial charge in [0.1, 0.15) is 5.76 Å². The highest BCUT2D eigenvalue weighted by atomic mass is 35.5. The van der Waals surface area contributed by atoms with Crippen LogP contribution in [0.5, 0.6) is 0 Å². The number of halogens is 1. The van der Waals surface area contributed by atoms with Crippen molar-refractivity contribution in [2.75, 3.05) is 13.7 Å². The van der Waals surface area contributed by atoms with E-state index >= 15 is 0 Å². The van der Waals surface area contributed by atoms with Gasteiger partial charge in [-0.25, -0.2) is 4.79 Å². The minimum Gasteiger partial charge on any atom is -0.463 e. The summed E-state index contributed by atoms with van der Waals surface area (Å²) in [6.07, 6.45) is 0. The Morgan fingerprint density at radius 3 is 2.76 bits per heavy atom. The molecular formula is C16H18ClNO3. The number of rotatable bonds is 5. The average molecular weight is 308 g/mol. The fourth-order valence-electron chi connectivity index (χ4n) is 2.25. The van der Waals surface area contributed by atoms with Crippen LogP contribution in [0.3, 0.4) is 0 Å². The predicted molar refractivity (Wildman–Crippen MR) is 81.8 cm³/mol. The van der Waals surface area contributed by atoms with Gasteiger partial charge in [0.2, 0.25) is 5.76 Å². The number of esters is 1. The molecule has 0 spiro atoms. The summed E-state index contributed by atoms with van der Waals surface area (Å²) in [7, 11) is 1.33. The van der Waals surface area contributed by atoms with Gasteiger partial charge in [-0.1, -0.05) is 24.6 Å². The van der Waals surface area contributed by atoms with Crippen LogP contribution in [0.2, 0.25) is 5.02 Å². The Labute approximate surface area is 129 Å². The number of furan rings is 1. The molecule has 0 saturated carbocycles. The van der Waals surface area contributed by atoms with Crippen LogP contribution in [-0.4, -0.2) is 19.6 Å². The van der Waals surface area contributed by atoms with Crippen molar-refractivity contribution in [3.05, 3.63) is 58.0 Å². The Bertz CT molecular complexity index is 636. The van der Waals surface area contributed by atoms with Gasteiger partial charge >= 0.3 is 5.97 Å². The van der Waals surface area contributed by atoms with E-state index in [1.165, 1.54) is 7.11 Å². The van der Waals surface area contributed by atoms with Crippen LogP contribution in [0.25, 0.3) is 0 Å². The highest BCUT2D eigenvalue weighted by molar-refractivity contribution is 6.30. The first-order valence-electron chi connectivity index (χ1n) is 6.74. The van der Waals surface area contributed by atoms with Crippen molar-refractivity contribution in [2.24, 2.45) is 0 Å². The second-order valence-corrected chi connectivity index (χ2v) is 5.12. The van der Waals surface area contributed by atoms with Crippen LogP contribution in [0.15, 0.2) is 34.7 Å². The van der Waals surface area contributed by atoms with E-state index in [1.807, 2.05) is 32.0 Å². The molecule has 2 aromatic rings. The molecule has 0 saturated heterocycles. The Balaban J connectivity index is 2.38. The summed E-state index contributed by atoms with van der Waals surface area (Å²) in [4.78, 5) is 11.5. The minimum absolute atomic E-state index is 0.134. The predicted octanol–water partition coefficient (Wildman–Crippen LogP) is 3.73. The third-order valence-electron chi connectivity index (χ3n) is 3.25. The number of carbonyl (C=O) groups is 1. The van der Waals surface area contributed by atoms with Gasteiger partial charge in [0.15, 0.2) is 0 Å². The zero-order valence-electron chi connectivity index (χ0n) is 12.3. The Morgan fingerprint density at radius 2 is 2.14 bits per heavy atom. The third-order valence-corrected chi connectivity index (χ3v) is 3.48. The summed E-state index contributed by atoms with van der Waals surface area (Å²) in [5.74, 6) is 0.383. The number of methoxy groups -OCH3 is 1. The van der Waals surface area contributed by atoms with Crippen molar-refractivity contribution in [3.63, 3.8) is 0 Å². The maximum Gasteiger partial charge on any atom is 0.373 e. The van der Waals surface area contributed by atoms with Crippen molar-refractivity contribution in [3.8, 4) is 0 Å². The molecule has 1 heterocycles. The first-order valence-corrected chi connectivity index (χ1v) is 7.12. The first kappa shape index (κ1) is 15.6. The molecule has 1 unspecified atom stereocenters. The van der Waals surface area contributed by atoms with E-state index in [0.717, 1.165) is 17.7 Å². The lowest BCUT2D eigenvalue weighted by Gasteiger charge is -2.18. The number of aryl methyl sites for hydroxylation is 1. The monoisotopic (exact) mass is 307 g/mol. The molecule has 0 radical (unpaired) electrons. The second-order valence-electron chi connectivity index (χ2n) is 4.69. The highest BCUT2D eigenvalue weighted by Crippen LogP contribution is 2.28. The molecule has 0 aliphatic rings. The van der Waals surface area contributed by atoms with Crippen molar-refractivity contribution in [2.45, 2.75) is 19.9 Å². The lowest BCUT2D eigenvalue weighted by Crippen LogP contribution is -2.22. The number of benzene rings is 1. The maximum absolute atomic E-state index is 11.5. The third kappa shape index (κ3) is 3.46. The van der Waals surface area contributed by atoms with Gasteiger partial charge in [0, 0.05) is 5.02 Å². The topological polar surface area (TPSA) is 51.5 Å². The van der Waals surface area contributed by atoms with Crippen molar-refractivity contribution >= 4 is 17.6 Å². The first-order chi connectivity index (χ1) is 10.1. The molecule has 1 aromatic heterocycles. The molecule has 0 aliphatic heterocycles. The summed E-state index contributed by atoms with van der Waals surface area (Å²) in [6.45, 7) is 4.78. The molecule has 0 fully saturated rings. The Kier molecular flexibility index (Phi) is 5.04. The fourth-order valence-corrected chi connectivity index (χ4v) is 2.48. The number of nitrogens with one attached hydrogen (secondary N) is 1. The van der Waals surface area contributed by atoms with E-state index in [1.54, 1.807) is 12.1 Å². The van der Waals surface area contributed by atoms with Crippen LogP contribution < -0.4 is 5.32 Å². The second kappa shape index (κ2) is 6.78. The Hall–Kier alpha value is -1.78. The molecule has 1 N–H and O–H groups in total. The summed E-state index contributed by atoms with van der Waals surface area (Å²) in [5.41, 5.74) is 2.12. The van der Waals surface area contributed by atoms with E-state index in [4.69, 9.17) is 16.0 Å². The van der Waals surface area contributed by atoms with Crippen LogP contribution in [0, 0.1) is 6.92 Å². The highest BCUT2D eigenvalue weighted by Gasteiger charge is 2.21. The number of ether oxygens (including phenoxy) is 1. The molecule has 4 nitrogen and oxygen atoms in total. The fraction of sp³-hybridized carbons (Fsp3) is 0.312. The molecule has 5 heteroatoms. The zero-order chi connectivity index (χ0) is 15.4. The molecule has 1 aromatic carbocycles. The molecule has 0 bridgehead atoms. The van der Waals surface area contributed by atoms with Crippen molar-refractivity contribution in [1.29, 1.82) is 0 Å². The van der Waals surface area contributed by atoms with E-state index in [9.17, 15) is 4.79 Å². The van der Waals surface area contributed by atoms with E-state index in [2.05, 4.69) is 10.1 Å². The van der Waals surface area contributed by atoms with Gasteiger partial charge < -0.3 is 14.5 Å². The van der Waals surface area contributed by atoms with Crippen LogP contribution in [0.4, 0.5) is 0 Å². The van der Waals surface area contributed by atoms with Gasteiger partial charge in [-0.3, -0.25) is 0 Å². The molecule has 0 aliphatic carbocycles. The summed E-state index contributed by atoms with van der Waals surface area (Å²) in [6, 6.07) is 8.99. The summed E-state index contributed by atoms with van der Waals surface area (Å²) >= 11 is 6.00. The van der Waals surface area contributed by atoms with Gasteiger partial charge in [-0.15, -0.1) is 0 Å². The molecule has 21 heavy (non-hydrogen) atoms. The standard InChI is InChI=1S/C16H18ClNO3/c1-4-18-15(12-6-5-11(17)9-10(12)2)13-7-8-14(21-13)16(19)20-3/h5-9,15,18H,4H2,1-3H3. The lowest BCUT2D eigenvalue weighted by atomic mass is 9.99. The average Bonchev–Trinajstić information content (AvgIpc) is 2.94. The molecular weight excluding hydrogens is 290 g/mol. The molecule has 112 valence electrons. The quantitative estimate of drug-likeness (QED) is 0.855. The van der Waals surface area contributed by atoms with Gasteiger partial charge in [-0.2, -0.15) is 0 Å². The summed E-state index contributed by atoms with van der Waals surface area (Å²) in [5, 5.41) is 4.05. The summed E-state index contributed by atoms with van der Waals surface area (Å²) < 4.78 is 10.3. The number of hydrogen-bond acceptors (Lipinski definition) is 4. The van der Waals surface area contributed by atoms with Crippen LogP contribution >= 0.6 is 11.6 Å². The number of hydrogen-bond donors (Lipinski definition) is 1.